The van der Waals surface area contributed by atoms with Gasteiger partial charge < -0.3 is 10.0 Å². The van der Waals surface area contributed by atoms with E-state index in [1.807, 2.05) is 7.05 Å². The topological polar surface area (TPSA) is 23.5 Å². The first-order valence-electron chi connectivity index (χ1n) is 4.36. The van der Waals surface area contributed by atoms with Crippen molar-refractivity contribution in [2.75, 3.05) is 13.6 Å². The lowest BCUT2D eigenvalue weighted by Crippen LogP contribution is -2.27. The van der Waals surface area contributed by atoms with Gasteiger partial charge in [0.1, 0.15) is 11.6 Å². The van der Waals surface area contributed by atoms with Crippen molar-refractivity contribution in [3.63, 3.8) is 0 Å². The van der Waals surface area contributed by atoms with Gasteiger partial charge >= 0.3 is 0 Å². The predicted molar refractivity (Wildman–Crippen MR) is 58.4 cm³/mol. The lowest BCUT2D eigenvalue weighted by Gasteiger charge is -2.25. The van der Waals surface area contributed by atoms with Gasteiger partial charge in [-0.2, -0.15) is 0 Å². The Morgan fingerprint density at radius 3 is 2.79 bits per heavy atom. The maximum atomic E-state index is 13.2. The fourth-order valence-corrected chi connectivity index (χ4v) is 1.75. The van der Waals surface area contributed by atoms with Crippen molar-refractivity contribution in [2.45, 2.75) is 13.0 Å². The number of benzene rings is 1. The Morgan fingerprint density at radius 2 is 2.07 bits per heavy atom. The Bertz CT molecular complexity index is 343. The molecule has 2 rings (SSSR count). The fourth-order valence-electron chi connectivity index (χ4n) is 1.75. The summed E-state index contributed by atoms with van der Waals surface area (Å²) in [4.78, 5) is 2.07. The van der Waals surface area contributed by atoms with Gasteiger partial charge in [-0.3, -0.25) is 0 Å². The summed E-state index contributed by atoms with van der Waals surface area (Å²) in [6.45, 7) is 1.49. The van der Waals surface area contributed by atoms with Gasteiger partial charge in [-0.1, -0.05) is 0 Å². The molecule has 0 atom stereocenters. The van der Waals surface area contributed by atoms with Crippen molar-refractivity contribution in [3.05, 3.63) is 29.1 Å². The molecular formula is C10H13BrFNO. The van der Waals surface area contributed by atoms with Gasteiger partial charge in [0, 0.05) is 18.7 Å². The molecule has 14 heavy (non-hydrogen) atoms. The third-order valence-electron chi connectivity index (χ3n) is 2.52. The number of fused-ring (bicyclic) bond motifs is 1. The summed E-state index contributed by atoms with van der Waals surface area (Å²) in [6.07, 6.45) is 0.687. The van der Waals surface area contributed by atoms with Crippen LogP contribution in [0, 0.1) is 5.82 Å². The number of hydrogen-bond donors (Lipinski definition) is 1. The van der Waals surface area contributed by atoms with E-state index in [0.717, 1.165) is 12.1 Å². The van der Waals surface area contributed by atoms with E-state index in [1.165, 1.54) is 12.1 Å². The molecule has 1 N–H and O–H groups in total. The van der Waals surface area contributed by atoms with Crippen LogP contribution >= 0.6 is 17.0 Å². The molecule has 0 saturated carbocycles. The van der Waals surface area contributed by atoms with Crippen LogP contribution in [0.25, 0.3) is 0 Å². The first kappa shape index (κ1) is 11.5. The molecule has 0 fully saturated rings. The molecule has 0 aliphatic carbocycles. The normalized spacial score (nSPS) is 15.9. The number of halogens is 2. The van der Waals surface area contributed by atoms with E-state index < -0.39 is 0 Å². The van der Waals surface area contributed by atoms with E-state index >= 15 is 0 Å². The van der Waals surface area contributed by atoms with Gasteiger partial charge in [0.15, 0.2) is 0 Å². The highest BCUT2D eigenvalue weighted by Gasteiger charge is 2.19. The number of likely N-dealkylation sites (N-methyl/N-ethyl adjacent to an activating group) is 1. The van der Waals surface area contributed by atoms with Gasteiger partial charge in [0.25, 0.3) is 0 Å². The Balaban J connectivity index is 0.000000980. The number of phenolic OH excluding ortho intramolecular Hbond substituents is 1. The molecule has 0 saturated heterocycles. The minimum atomic E-state index is -0.194. The molecule has 78 valence electrons. The van der Waals surface area contributed by atoms with Crippen LogP contribution in [0.1, 0.15) is 11.1 Å². The van der Waals surface area contributed by atoms with E-state index in [1.54, 1.807) is 0 Å². The van der Waals surface area contributed by atoms with Gasteiger partial charge in [0.2, 0.25) is 0 Å². The Morgan fingerprint density at radius 1 is 1.36 bits per heavy atom. The Labute approximate surface area is 93.1 Å². The minimum absolute atomic E-state index is 0. The Hall–Kier alpha value is -0.610. The van der Waals surface area contributed by atoms with Crippen molar-refractivity contribution in [3.8, 4) is 5.75 Å². The zero-order valence-corrected chi connectivity index (χ0v) is 9.67. The molecule has 1 aliphatic rings. The summed E-state index contributed by atoms with van der Waals surface area (Å²) >= 11 is 0. The van der Waals surface area contributed by atoms with Crippen LogP contribution in [0.3, 0.4) is 0 Å². The van der Waals surface area contributed by atoms with Crippen LogP contribution in [0.5, 0.6) is 5.75 Å². The quantitative estimate of drug-likeness (QED) is 0.774. The maximum Gasteiger partial charge on any atom is 0.127 e. The molecule has 1 aliphatic heterocycles. The molecular weight excluding hydrogens is 249 g/mol. The Kier molecular flexibility index (Phi) is 3.50. The molecule has 0 radical (unpaired) electrons. The molecule has 4 heteroatoms. The van der Waals surface area contributed by atoms with E-state index in [2.05, 4.69) is 4.90 Å². The molecule has 1 heterocycles. The molecule has 2 nitrogen and oxygen atoms in total. The number of hydrogen-bond acceptors (Lipinski definition) is 2. The average Bonchev–Trinajstić information content (AvgIpc) is 2.12. The molecule has 0 spiro atoms. The molecule has 1 aromatic rings. The van der Waals surface area contributed by atoms with Gasteiger partial charge in [-0.15, -0.1) is 17.0 Å². The van der Waals surface area contributed by atoms with Crippen molar-refractivity contribution in [1.29, 1.82) is 0 Å². The zero-order chi connectivity index (χ0) is 9.42. The van der Waals surface area contributed by atoms with Crippen LogP contribution in [-0.4, -0.2) is 23.6 Å². The number of aromatic hydroxyl groups is 1. The standard InChI is InChI=1S/C10H12FNO.BrH/c1-12-5-4-7-8(6-12)10(13)3-2-9(7)11;/h2-3,13H,4-6H2,1H3;1H. The number of nitrogens with zero attached hydrogens (tertiary/aromatic N) is 1. The highest BCUT2D eigenvalue weighted by molar-refractivity contribution is 8.93. The van der Waals surface area contributed by atoms with Crippen LogP contribution in [-0.2, 0) is 13.0 Å². The maximum absolute atomic E-state index is 13.2. The second-order valence-electron chi connectivity index (χ2n) is 3.51. The summed E-state index contributed by atoms with van der Waals surface area (Å²) in [6, 6.07) is 2.76. The fraction of sp³-hybridized carbons (Fsp3) is 0.400. The lowest BCUT2D eigenvalue weighted by molar-refractivity contribution is 0.300. The summed E-state index contributed by atoms with van der Waals surface area (Å²) in [5.41, 5.74) is 1.42. The van der Waals surface area contributed by atoms with E-state index in [9.17, 15) is 9.50 Å². The average molecular weight is 262 g/mol. The van der Waals surface area contributed by atoms with Crippen LogP contribution < -0.4 is 0 Å². The summed E-state index contributed by atoms with van der Waals surface area (Å²) in [5.74, 6) is 0.0175. The molecule has 0 unspecified atom stereocenters. The van der Waals surface area contributed by atoms with Crippen molar-refractivity contribution in [2.24, 2.45) is 0 Å². The smallest absolute Gasteiger partial charge is 0.127 e. The first-order chi connectivity index (χ1) is 6.18. The van der Waals surface area contributed by atoms with E-state index in [0.29, 0.717) is 18.5 Å². The second-order valence-corrected chi connectivity index (χ2v) is 3.51. The number of phenols is 1. The highest BCUT2D eigenvalue weighted by Crippen LogP contribution is 2.28. The molecule has 0 aromatic heterocycles. The van der Waals surface area contributed by atoms with Crippen molar-refractivity contribution in [1.82, 2.24) is 4.90 Å². The van der Waals surface area contributed by atoms with E-state index in [-0.39, 0.29) is 28.5 Å². The first-order valence-corrected chi connectivity index (χ1v) is 4.36. The molecule has 0 bridgehead atoms. The monoisotopic (exact) mass is 261 g/mol. The summed E-state index contributed by atoms with van der Waals surface area (Å²) in [5, 5.41) is 9.51. The van der Waals surface area contributed by atoms with Gasteiger partial charge in [-0.05, 0) is 31.2 Å². The van der Waals surface area contributed by atoms with Crippen LogP contribution in [0.4, 0.5) is 4.39 Å². The van der Waals surface area contributed by atoms with Crippen LogP contribution in [0.2, 0.25) is 0 Å². The van der Waals surface area contributed by atoms with Gasteiger partial charge in [-0.25, -0.2) is 4.39 Å². The highest BCUT2D eigenvalue weighted by atomic mass is 79.9. The summed E-state index contributed by atoms with van der Waals surface area (Å²) < 4.78 is 13.2. The molecule has 1 aromatic carbocycles. The zero-order valence-electron chi connectivity index (χ0n) is 7.96. The SMILES string of the molecule is Br.CN1CCc2c(F)ccc(O)c2C1. The third-order valence-corrected chi connectivity index (χ3v) is 2.52. The predicted octanol–water partition coefficient (Wildman–Crippen LogP) is 2.10. The minimum Gasteiger partial charge on any atom is -0.508 e. The lowest BCUT2D eigenvalue weighted by atomic mass is 9.98. The van der Waals surface area contributed by atoms with Crippen LogP contribution in [0.15, 0.2) is 12.1 Å². The molecule has 0 amide bonds. The van der Waals surface area contributed by atoms with Crippen molar-refractivity contribution >= 4 is 17.0 Å². The number of rotatable bonds is 0. The second kappa shape index (κ2) is 4.28. The van der Waals surface area contributed by atoms with Gasteiger partial charge in [0.05, 0.1) is 0 Å². The third kappa shape index (κ3) is 1.91. The van der Waals surface area contributed by atoms with Crippen molar-refractivity contribution < 1.29 is 9.50 Å². The largest absolute Gasteiger partial charge is 0.508 e. The van der Waals surface area contributed by atoms with E-state index in [4.69, 9.17) is 0 Å². The summed E-state index contributed by atoms with van der Waals surface area (Å²) in [7, 11) is 1.97.